The molecular formula is C14H15NO6. The normalized spacial score (nSPS) is 22.1. The average Bonchev–Trinajstić information content (AvgIpc) is 2.96. The van der Waals surface area contributed by atoms with Crippen LogP contribution in [0.4, 0.5) is 0 Å². The Morgan fingerprint density at radius 2 is 1.95 bits per heavy atom. The van der Waals surface area contributed by atoms with Crippen molar-refractivity contribution in [3.05, 3.63) is 17.7 Å². The van der Waals surface area contributed by atoms with E-state index in [1.807, 2.05) is 0 Å². The van der Waals surface area contributed by atoms with Crippen LogP contribution in [0.5, 0.6) is 17.2 Å². The molecule has 2 heterocycles. The first-order chi connectivity index (χ1) is 10.2. The standard InChI is InChI=1S/C14H15NO6/c1-17-10-4-7-9(5-11(10)18-2)20-6-8-12(7)15-21-13(8)14(16)19-3/h4-5,8,13H,6H2,1-3H3/t8-,13-/m1/s1. The zero-order valence-electron chi connectivity index (χ0n) is 11.9. The molecule has 112 valence electrons. The minimum Gasteiger partial charge on any atom is -0.493 e. The summed E-state index contributed by atoms with van der Waals surface area (Å²) < 4.78 is 20.9. The molecule has 7 nitrogen and oxygen atoms in total. The largest absolute Gasteiger partial charge is 0.493 e. The van der Waals surface area contributed by atoms with Crippen molar-refractivity contribution in [2.45, 2.75) is 6.10 Å². The lowest BCUT2D eigenvalue weighted by Gasteiger charge is -2.25. The highest BCUT2D eigenvalue weighted by Gasteiger charge is 2.44. The molecule has 0 N–H and O–H groups in total. The molecule has 0 amide bonds. The van der Waals surface area contributed by atoms with Crippen LogP contribution in [0.3, 0.4) is 0 Å². The maximum absolute atomic E-state index is 11.7. The first-order valence-corrected chi connectivity index (χ1v) is 6.40. The molecule has 0 aliphatic carbocycles. The monoisotopic (exact) mass is 293 g/mol. The first-order valence-electron chi connectivity index (χ1n) is 6.40. The minimum atomic E-state index is -0.772. The summed E-state index contributed by atoms with van der Waals surface area (Å²) in [6, 6.07) is 3.50. The number of methoxy groups -OCH3 is 3. The summed E-state index contributed by atoms with van der Waals surface area (Å²) in [6.07, 6.45) is -0.772. The molecule has 0 fully saturated rings. The van der Waals surface area contributed by atoms with Crippen molar-refractivity contribution < 1.29 is 28.6 Å². The second kappa shape index (κ2) is 5.16. The van der Waals surface area contributed by atoms with Crippen molar-refractivity contribution in [2.24, 2.45) is 11.1 Å². The van der Waals surface area contributed by atoms with E-state index in [4.69, 9.17) is 23.8 Å². The summed E-state index contributed by atoms with van der Waals surface area (Å²) in [5.74, 6) is 0.995. The molecule has 1 aromatic carbocycles. The molecule has 1 aromatic rings. The molecular weight excluding hydrogens is 278 g/mol. The van der Waals surface area contributed by atoms with Gasteiger partial charge in [-0.1, -0.05) is 5.16 Å². The predicted octanol–water partition coefficient (Wildman–Crippen LogP) is 0.988. The Morgan fingerprint density at radius 1 is 1.24 bits per heavy atom. The number of benzene rings is 1. The maximum Gasteiger partial charge on any atom is 0.350 e. The van der Waals surface area contributed by atoms with E-state index in [0.717, 1.165) is 5.56 Å². The van der Waals surface area contributed by atoms with Crippen LogP contribution in [-0.4, -0.2) is 45.7 Å². The number of carbonyl (C=O) groups excluding carboxylic acids is 1. The fourth-order valence-electron chi connectivity index (χ4n) is 2.50. The molecule has 0 bridgehead atoms. The molecule has 0 aromatic heterocycles. The van der Waals surface area contributed by atoms with Gasteiger partial charge in [0.05, 0.1) is 27.2 Å². The van der Waals surface area contributed by atoms with E-state index < -0.39 is 12.1 Å². The number of oxime groups is 1. The second-order valence-electron chi connectivity index (χ2n) is 4.65. The van der Waals surface area contributed by atoms with E-state index in [1.165, 1.54) is 7.11 Å². The van der Waals surface area contributed by atoms with Crippen LogP contribution >= 0.6 is 0 Å². The van der Waals surface area contributed by atoms with Gasteiger partial charge < -0.3 is 23.8 Å². The molecule has 2 aliphatic rings. The Balaban J connectivity index is 1.99. The summed E-state index contributed by atoms with van der Waals surface area (Å²) in [5, 5.41) is 4.02. The van der Waals surface area contributed by atoms with Gasteiger partial charge in [0.15, 0.2) is 11.5 Å². The molecule has 2 aliphatic heterocycles. The number of esters is 1. The molecule has 0 spiro atoms. The van der Waals surface area contributed by atoms with Crippen LogP contribution in [0.1, 0.15) is 5.56 Å². The summed E-state index contributed by atoms with van der Waals surface area (Å²) in [5.41, 5.74) is 1.39. The molecule has 21 heavy (non-hydrogen) atoms. The minimum absolute atomic E-state index is 0.289. The van der Waals surface area contributed by atoms with Crippen molar-refractivity contribution >= 4 is 11.7 Å². The highest BCUT2D eigenvalue weighted by atomic mass is 16.7. The molecule has 2 atom stereocenters. The van der Waals surface area contributed by atoms with Crippen molar-refractivity contribution in [1.82, 2.24) is 0 Å². The van der Waals surface area contributed by atoms with Crippen LogP contribution in [0, 0.1) is 5.92 Å². The fraction of sp³-hybridized carbons (Fsp3) is 0.429. The van der Waals surface area contributed by atoms with Gasteiger partial charge in [-0.2, -0.15) is 0 Å². The van der Waals surface area contributed by atoms with Gasteiger partial charge >= 0.3 is 5.97 Å². The van der Waals surface area contributed by atoms with Gasteiger partial charge in [-0.15, -0.1) is 0 Å². The van der Waals surface area contributed by atoms with Crippen LogP contribution in [0.25, 0.3) is 0 Å². The Morgan fingerprint density at radius 3 is 2.62 bits per heavy atom. The molecule has 0 unspecified atom stereocenters. The summed E-state index contributed by atoms with van der Waals surface area (Å²) in [4.78, 5) is 16.9. The Kier molecular flexibility index (Phi) is 3.32. The van der Waals surface area contributed by atoms with Gasteiger partial charge in [0.1, 0.15) is 18.1 Å². The number of fused-ring (bicyclic) bond motifs is 3. The van der Waals surface area contributed by atoms with Crippen LogP contribution in [-0.2, 0) is 14.4 Å². The van der Waals surface area contributed by atoms with E-state index in [-0.39, 0.29) is 5.92 Å². The van der Waals surface area contributed by atoms with Crippen molar-refractivity contribution in [1.29, 1.82) is 0 Å². The van der Waals surface area contributed by atoms with Gasteiger partial charge in [0.25, 0.3) is 0 Å². The summed E-state index contributed by atoms with van der Waals surface area (Å²) in [6.45, 7) is 0.293. The highest BCUT2D eigenvalue weighted by Crippen LogP contribution is 2.40. The Hall–Kier alpha value is -2.44. The van der Waals surface area contributed by atoms with Gasteiger partial charge in [0, 0.05) is 11.6 Å². The first kappa shape index (κ1) is 13.5. The number of rotatable bonds is 3. The zero-order chi connectivity index (χ0) is 15.0. The Bertz CT molecular complexity index is 612. The smallest absolute Gasteiger partial charge is 0.350 e. The van der Waals surface area contributed by atoms with Crippen LogP contribution in [0.15, 0.2) is 17.3 Å². The van der Waals surface area contributed by atoms with Crippen molar-refractivity contribution in [3.63, 3.8) is 0 Å². The van der Waals surface area contributed by atoms with Gasteiger partial charge in [-0.25, -0.2) is 4.79 Å². The molecule has 0 radical (unpaired) electrons. The second-order valence-corrected chi connectivity index (χ2v) is 4.65. The van der Waals surface area contributed by atoms with E-state index in [9.17, 15) is 4.79 Å². The summed E-state index contributed by atoms with van der Waals surface area (Å²) >= 11 is 0. The lowest BCUT2D eigenvalue weighted by Crippen LogP contribution is -2.38. The molecule has 0 saturated heterocycles. The third-order valence-electron chi connectivity index (χ3n) is 3.59. The molecule has 0 saturated carbocycles. The van der Waals surface area contributed by atoms with E-state index in [0.29, 0.717) is 29.6 Å². The highest BCUT2D eigenvalue weighted by molar-refractivity contribution is 6.08. The number of carbonyl (C=O) groups is 1. The SMILES string of the molecule is COC(=O)[C@@H]1ON=C2c3cc(OC)c(OC)cc3OC[C@H]21. The fourth-order valence-corrected chi connectivity index (χ4v) is 2.50. The molecule has 7 heteroatoms. The van der Waals surface area contributed by atoms with Crippen LogP contribution in [0.2, 0.25) is 0 Å². The van der Waals surface area contributed by atoms with E-state index >= 15 is 0 Å². The number of hydrogen-bond donors (Lipinski definition) is 0. The number of nitrogens with zero attached hydrogens (tertiary/aromatic N) is 1. The predicted molar refractivity (Wildman–Crippen MR) is 72.0 cm³/mol. The van der Waals surface area contributed by atoms with Crippen LogP contribution < -0.4 is 14.2 Å². The van der Waals surface area contributed by atoms with E-state index in [1.54, 1.807) is 26.4 Å². The maximum atomic E-state index is 11.7. The third kappa shape index (κ3) is 2.05. The quantitative estimate of drug-likeness (QED) is 0.774. The lowest BCUT2D eigenvalue weighted by atomic mass is 9.90. The topological polar surface area (TPSA) is 75.6 Å². The van der Waals surface area contributed by atoms with E-state index in [2.05, 4.69) is 5.16 Å². The van der Waals surface area contributed by atoms with Gasteiger partial charge in [-0.3, -0.25) is 0 Å². The lowest BCUT2D eigenvalue weighted by molar-refractivity contribution is -0.154. The number of ether oxygens (including phenoxy) is 4. The average molecular weight is 293 g/mol. The molecule has 3 rings (SSSR count). The zero-order valence-corrected chi connectivity index (χ0v) is 11.9. The Labute approximate surface area is 121 Å². The van der Waals surface area contributed by atoms with Gasteiger partial charge in [-0.05, 0) is 6.07 Å². The van der Waals surface area contributed by atoms with Crippen molar-refractivity contribution in [2.75, 3.05) is 27.9 Å². The third-order valence-corrected chi connectivity index (χ3v) is 3.59. The van der Waals surface area contributed by atoms with Gasteiger partial charge in [0.2, 0.25) is 6.10 Å². The van der Waals surface area contributed by atoms with Crippen molar-refractivity contribution in [3.8, 4) is 17.2 Å². The number of hydrogen-bond acceptors (Lipinski definition) is 7. The summed E-state index contributed by atoms with van der Waals surface area (Å²) in [7, 11) is 4.42.